The summed E-state index contributed by atoms with van der Waals surface area (Å²) >= 11 is 0. The number of anilines is 1. The van der Waals surface area contributed by atoms with E-state index in [1.807, 2.05) is 36.4 Å². The molecule has 0 unspecified atom stereocenters. The maximum Gasteiger partial charge on any atom is 0.241 e. The van der Waals surface area contributed by atoms with Gasteiger partial charge in [-0.1, -0.05) is 37.3 Å². The molecule has 0 saturated carbocycles. The van der Waals surface area contributed by atoms with Gasteiger partial charge in [-0.15, -0.1) is 0 Å². The lowest BCUT2D eigenvalue weighted by atomic mass is 9.97. The number of nitrogens with two attached hydrogens (primary N) is 1. The molecule has 0 bridgehead atoms. The Hall–Kier alpha value is -3.69. The third-order valence-corrected chi connectivity index (χ3v) is 8.79. The largest absolute Gasteiger partial charge is 0.497 e. The Morgan fingerprint density at radius 2 is 1.82 bits per heavy atom. The second-order valence-electron chi connectivity index (χ2n) is 10.0. The average Bonchev–Trinajstić information content (AvgIpc) is 2.92. The number of ether oxygens (including phenoxy) is 1. The molecule has 8 nitrogen and oxygen atoms in total. The summed E-state index contributed by atoms with van der Waals surface area (Å²) in [4.78, 5) is 19.7. The first-order valence-electron chi connectivity index (χ1n) is 12.8. The highest BCUT2D eigenvalue weighted by Crippen LogP contribution is 2.26. The third-order valence-electron chi connectivity index (χ3n) is 7.32. The maximum atomic E-state index is 13.7. The third kappa shape index (κ3) is 5.44. The maximum absolute atomic E-state index is 13.7. The summed E-state index contributed by atoms with van der Waals surface area (Å²) in [5.74, 6) is 1.40. The van der Waals surface area contributed by atoms with Gasteiger partial charge in [0.15, 0.2) is 0 Å². The topological polar surface area (TPSA) is 115 Å². The highest BCUT2D eigenvalue weighted by Gasteiger charge is 2.31. The number of nitrogen functional groups attached to an aromatic ring is 1. The van der Waals surface area contributed by atoms with E-state index in [0.717, 1.165) is 39.9 Å². The van der Waals surface area contributed by atoms with E-state index in [4.69, 9.17) is 10.5 Å². The minimum Gasteiger partial charge on any atom is -0.497 e. The van der Waals surface area contributed by atoms with E-state index in [2.05, 4.69) is 16.6 Å². The Kier molecular flexibility index (Phi) is 7.23. The molecule has 4 aromatic rings. The molecule has 0 aliphatic carbocycles. The molecule has 198 valence electrons. The van der Waals surface area contributed by atoms with Gasteiger partial charge >= 0.3 is 0 Å². The van der Waals surface area contributed by atoms with E-state index in [1.54, 1.807) is 42.5 Å². The number of fused-ring (bicyclic) bond motifs is 2. The van der Waals surface area contributed by atoms with Crippen molar-refractivity contribution < 1.29 is 17.9 Å². The molecule has 9 heteroatoms. The molecule has 1 fully saturated rings. The number of methoxy groups -OCH3 is 1. The van der Waals surface area contributed by atoms with E-state index >= 15 is 0 Å². The van der Waals surface area contributed by atoms with Gasteiger partial charge < -0.3 is 15.4 Å². The van der Waals surface area contributed by atoms with Crippen molar-refractivity contribution in [3.63, 3.8) is 0 Å². The zero-order valence-electron chi connectivity index (χ0n) is 21.6. The fraction of sp³-hybridized carbons (Fsp3) is 0.310. The Morgan fingerprint density at radius 3 is 2.58 bits per heavy atom. The smallest absolute Gasteiger partial charge is 0.241 e. The normalized spacial score (nSPS) is 15.6. The van der Waals surface area contributed by atoms with Crippen molar-refractivity contribution in [3.8, 4) is 5.75 Å². The number of carbonyl (C=O) groups is 1. The summed E-state index contributed by atoms with van der Waals surface area (Å²) in [7, 11) is -2.43. The van der Waals surface area contributed by atoms with Crippen molar-refractivity contribution in [2.75, 3.05) is 25.9 Å². The van der Waals surface area contributed by atoms with Crippen molar-refractivity contribution in [1.29, 1.82) is 0 Å². The van der Waals surface area contributed by atoms with Gasteiger partial charge in [-0.3, -0.25) is 4.79 Å². The van der Waals surface area contributed by atoms with Crippen LogP contribution in [0.5, 0.6) is 5.75 Å². The molecule has 1 saturated heterocycles. The summed E-state index contributed by atoms with van der Waals surface area (Å²) < 4.78 is 35.2. The van der Waals surface area contributed by atoms with Crippen LogP contribution < -0.4 is 15.2 Å². The number of amides is 1. The molecule has 1 aliphatic heterocycles. The van der Waals surface area contributed by atoms with Crippen LogP contribution >= 0.6 is 0 Å². The second-order valence-corrected chi connectivity index (χ2v) is 11.7. The number of rotatable bonds is 7. The molecule has 38 heavy (non-hydrogen) atoms. The Morgan fingerprint density at radius 1 is 1.05 bits per heavy atom. The van der Waals surface area contributed by atoms with Gasteiger partial charge in [0.25, 0.3) is 0 Å². The van der Waals surface area contributed by atoms with Crippen LogP contribution in [0.3, 0.4) is 0 Å². The van der Waals surface area contributed by atoms with Crippen molar-refractivity contribution in [3.05, 3.63) is 72.4 Å². The minimum absolute atomic E-state index is 0.0979. The molecule has 2 heterocycles. The summed E-state index contributed by atoms with van der Waals surface area (Å²) in [6, 6.07) is 17.0. The van der Waals surface area contributed by atoms with Crippen LogP contribution in [-0.2, 0) is 21.2 Å². The van der Waals surface area contributed by atoms with Crippen LogP contribution in [-0.4, -0.2) is 50.5 Å². The zero-order chi connectivity index (χ0) is 26.9. The molecule has 5 rings (SSSR count). The van der Waals surface area contributed by atoms with Crippen LogP contribution in [0, 0.1) is 5.92 Å². The highest BCUT2D eigenvalue weighted by molar-refractivity contribution is 7.89. The number of nitrogens with one attached hydrogen (secondary N) is 1. The van der Waals surface area contributed by atoms with Crippen molar-refractivity contribution in [1.82, 2.24) is 14.6 Å². The van der Waals surface area contributed by atoms with Gasteiger partial charge in [-0.05, 0) is 77.2 Å². The summed E-state index contributed by atoms with van der Waals surface area (Å²) in [6.07, 6.45) is 3.65. The molecule has 1 amide bonds. The van der Waals surface area contributed by atoms with Crippen LogP contribution in [0.15, 0.2) is 71.8 Å². The SMILES string of the molecule is COc1ccc2ccc(S(=O)(=O)N[C@@H](Cc3ccc4c(N)nccc4c3)C(=O)N3CCC(C)CC3)cc2c1. The van der Waals surface area contributed by atoms with Gasteiger partial charge in [-0.25, -0.2) is 13.4 Å². The average molecular weight is 533 g/mol. The van der Waals surface area contributed by atoms with Crippen LogP contribution in [0.1, 0.15) is 25.3 Å². The Bertz CT molecular complexity index is 1600. The molecule has 1 atom stereocenters. The van der Waals surface area contributed by atoms with E-state index in [-0.39, 0.29) is 17.2 Å². The number of likely N-dealkylation sites (tertiary alicyclic amines) is 1. The molecule has 1 aromatic heterocycles. The molecule has 1 aliphatic rings. The predicted molar refractivity (Wildman–Crippen MR) is 149 cm³/mol. The zero-order valence-corrected chi connectivity index (χ0v) is 22.4. The summed E-state index contributed by atoms with van der Waals surface area (Å²) in [6.45, 7) is 3.41. The number of carbonyl (C=O) groups excluding carboxylic acids is 1. The van der Waals surface area contributed by atoms with Crippen molar-refractivity contribution in [2.24, 2.45) is 5.92 Å². The van der Waals surface area contributed by atoms with E-state index in [1.165, 1.54) is 0 Å². The molecular formula is C29H32N4O4S. The first-order valence-corrected chi connectivity index (χ1v) is 14.2. The number of sulfonamides is 1. The highest BCUT2D eigenvalue weighted by atomic mass is 32.2. The number of hydrogen-bond acceptors (Lipinski definition) is 6. The predicted octanol–water partition coefficient (Wildman–Crippen LogP) is 4.13. The first kappa shape index (κ1) is 25.9. The Labute approximate surface area is 222 Å². The molecule has 0 spiro atoms. The van der Waals surface area contributed by atoms with Crippen LogP contribution in [0.25, 0.3) is 21.5 Å². The van der Waals surface area contributed by atoms with Gasteiger partial charge in [0.2, 0.25) is 15.9 Å². The monoisotopic (exact) mass is 532 g/mol. The molecular weight excluding hydrogens is 500 g/mol. The molecule has 3 N–H and O–H groups in total. The minimum atomic E-state index is -4.00. The Balaban J connectivity index is 1.47. The van der Waals surface area contributed by atoms with Gasteiger partial charge in [-0.2, -0.15) is 4.72 Å². The second kappa shape index (κ2) is 10.6. The molecule has 0 radical (unpaired) electrons. The van der Waals surface area contributed by atoms with E-state index < -0.39 is 16.1 Å². The quantitative estimate of drug-likeness (QED) is 0.370. The van der Waals surface area contributed by atoms with E-state index in [0.29, 0.717) is 30.6 Å². The van der Waals surface area contributed by atoms with Gasteiger partial charge in [0, 0.05) is 24.7 Å². The first-order chi connectivity index (χ1) is 18.2. The lowest BCUT2D eigenvalue weighted by Gasteiger charge is -2.33. The summed E-state index contributed by atoms with van der Waals surface area (Å²) in [5, 5.41) is 3.33. The number of hydrogen-bond donors (Lipinski definition) is 2. The number of piperidine rings is 1. The van der Waals surface area contributed by atoms with Gasteiger partial charge in [0.1, 0.15) is 17.6 Å². The summed E-state index contributed by atoms with van der Waals surface area (Å²) in [5.41, 5.74) is 6.83. The van der Waals surface area contributed by atoms with Crippen LogP contribution in [0.2, 0.25) is 0 Å². The van der Waals surface area contributed by atoms with Crippen molar-refractivity contribution >= 4 is 43.3 Å². The fourth-order valence-corrected chi connectivity index (χ4v) is 6.22. The number of nitrogens with zero attached hydrogens (tertiary/aromatic N) is 2. The number of pyridine rings is 1. The van der Waals surface area contributed by atoms with Gasteiger partial charge in [0.05, 0.1) is 12.0 Å². The lowest BCUT2D eigenvalue weighted by molar-refractivity contribution is -0.134. The fourth-order valence-electron chi connectivity index (χ4n) is 4.99. The lowest BCUT2D eigenvalue weighted by Crippen LogP contribution is -2.51. The van der Waals surface area contributed by atoms with E-state index in [9.17, 15) is 13.2 Å². The molecule has 3 aromatic carbocycles. The standard InChI is InChI=1S/C29H32N4O4S/c1-19-10-13-33(14-11-19)29(34)27(16-20-3-8-26-22(15-20)9-12-31-28(26)30)32-38(35,36)25-7-5-21-4-6-24(37-2)17-23(21)18-25/h3-9,12,15,17-19,27,32H,10-11,13-14,16H2,1-2H3,(H2,30,31)/t27-/m0/s1. The number of aromatic nitrogens is 1. The number of benzene rings is 3. The van der Waals surface area contributed by atoms with Crippen LogP contribution in [0.4, 0.5) is 5.82 Å². The van der Waals surface area contributed by atoms with Crippen molar-refractivity contribution in [2.45, 2.75) is 37.1 Å².